The van der Waals surface area contributed by atoms with Gasteiger partial charge in [0.2, 0.25) is 5.06 Å². The lowest BCUT2D eigenvalue weighted by molar-refractivity contribution is 0.102. The normalized spacial score (nSPS) is 10.8. The summed E-state index contributed by atoms with van der Waals surface area (Å²) in [4.78, 5) is 19.8. The second kappa shape index (κ2) is 5.82. The molecule has 0 aliphatic carbocycles. The van der Waals surface area contributed by atoms with Crippen LogP contribution in [-0.4, -0.2) is 21.0 Å². The van der Waals surface area contributed by atoms with Gasteiger partial charge in [0.1, 0.15) is 11.4 Å². The number of aromatic hydroxyl groups is 1. The van der Waals surface area contributed by atoms with Gasteiger partial charge >= 0.3 is 0 Å². The number of nitrogens with zero attached hydrogens (tertiary/aromatic N) is 1. The molecular formula is C18H13N3O2S. The summed E-state index contributed by atoms with van der Waals surface area (Å²) in [6.07, 6.45) is 0. The molecule has 0 saturated carbocycles. The van der Waals surface area contributed by atoms with Crippen molar-refractivity contribution in [1.82, 2.24) is 9.97 Å². The predicted molar refractivity (Wildman–Crippen MR) is 95.5 cm³/mol. The first-order valence-corrected chi connectivity index (χ1v) is 8.17. The molecule has 0 spiro atoms. The number of amides is 1. The molecule has 2 heterocycles. The van der Waals surface area contributed by atoms with Crippen molar-refractivity contribution in [3.63, 3.8) is 0 Å². The van der Waals surface area contributed by atoms with Crippen molar-refractivity contribution in [3.8, 4) is 16.3 Å². The molecule has 3 N–H and O–H groups in total. The molecule has 0 atom stereocenters. The van der Waals surface area contributed by atoms with E-state index in [4.69, 9.17) is 0 Å². The van der Waals surface area contributed by atoms with Crippen molar-refractivity contribution in [2.24, 2.45) is 0 Å². The number of aromatic nitrogens is 2. The van der Waals surface area contributed by atoms with Crippen molar-refractivity contribution >= 4 is 33.3 Å². The van der Waals surface area contributed by atoms with Crippen molar-refractivity contribution in [2.45, 2.75) is 0 Å². The summed E-state index contributed by atoms with van der Waals surface area (Å²) in [6, 6.07) is 18.8. The number of aromatic amines is 1. The fourth-order valence-electron chi connectivity index (χ4n) is 2.51. The van der Waals surface area contributed by atoms with E-state index in [0.717, 1.165) is 27.8 Å². The maximum absolute atomic E-state index is 12.4. The minimum Gasteiger partial charge on any atom is -0.498 e. The standard InChI is InChI=1S/C18H13N3O2S/c22-16(14-10-12-8-4-5-9-13(12)19-14)21-18-20-15(17(23)24-18)11-6-2-1-3-7-11/h1-10,19,23H,(H,20,21,22). The molecule has 0 aliphatic heterocycles. The van der Waals surface area contributed by atoms with Crippen LogP contribution in [0.5, 0.6) is 5.06 Å². The van der Waals surface area contributed by atoms with Crippen LogP contribution in [0, 0.1) is 0 Å². The molecule has 2 aromatic carbocycles. The molecule has 6 heteroatoms. The Hall–Kier alpha value is -3.12. The Morgan fingerprint density at radius 3 is 2.62 bits per heavy atom. The lowest BCUT2D eigenvalue weighted by Gasteiger charge is -1.98. The van der Waals surface area contributed by atoms with E-state index in [1.54, 1.807) is 6.07 Å². The molecule has 1 amide bonds. The van der Waals surface area contributed by atoms with Crippen LogP contribution < -0.4 is 5.32 Å². The van der Waals surface area contributed by atoms with Gasteiger partial charge in [0.05, 0.1) is 0 Å². The number of hydrogen-bond acceptors (Lipinski definition) is 4. The van der Waals surface area contributed by atoms with Gasteiger partial charge in [0.15, 0.2) is 5.13 Å². The second-order valence-corrected chi connectivity index (χ2v) is 6.24. The third-order valence-electron chi connectivity index (χ3n) is 3.65. The Bertz CT molecular complexity index is 988. The van der Waals surface area contributed by atoms with E-state index in [1.165, 1.54) is 0 Å². The SMILES string of the molecule is O=C(Nc1nc(-c2ccccc2)c(O)s1)c1cc2ccccc2[nH]1. The monoisotopic (exact) mass is 335 g/mol. The molecule has 5 nitrogen and oxygen atoms in total. The maximum Gasteiger partial charge on any atom is 0.273 e. The smallest absolute Gasteiger partial charge is 0.273 e. The number of hydrogen-bond donors (Lipinski definition) is 3. The first-order chi connectivity index (χ1) is 11.7. The zero-order chi connectivity index (χ0) is 16.5. The van der Waals surface area contributed by atoms with Gasteiger partial charge < -0.3 is 10.1 Å². The average molecular weight is 335 g/mol. The molecule has 0 bridgehead atoms. The Kier molecular flexibility index (Phi) is 3.51. The molecule has 2 aromatic heterocycles. The summed E-state index contributed by atoms with van der Waals surface area (Å²) in [6.45, 7) is 0. The van der Waals surface area contributed by atoms with E-state index < -0.39 is 0 Å². The highest BCUT2D eigenvalue weighted by Crippen LogP contribution is 2.36. The van der Waals surface area contributed by atoms with Gasteiger partial charge in [-0.3, -0.25) is 10.1 Å². The second-order valence-electron chi connectivity index (χ2n) is 5.26. The highest BCUT2D eigenvalue weighted by molar-refractivity contribution is 7.17. The van der Waals surface area contributed by atoms with Crippen LogP contribution in [0.2, 0.25) is 0 Å². The minimum absolute atomic E-state index is 0.0770. The number of thiazole rings is 1. The summed E-state index contributed by atoms with van der Waals surface area (Å²) in [7, 11) is 0. The number of nitrogens with one attached hydrogen (secondary N) is 2. The molecular weight excluding hydrogens is 322 g/mol. The van der Waals surface area contributed by atoms with Gasteiger partial charge in [0, 0.05) is 16.5 Å². The van der Waals surface area contributed by atoms with Crippen molar-refractivity contribution in [3.05, 3.63) is 66.4 Å². The molecule has 0 saturated heterocycles. The van der Waals surface area contributed by atoms with E-state index in [-0.39, 0.29) is 11.0 Å². The van der Waals surface area contributed by atoms with Crippen molar-refractivity contribution in [1.29, 1.82) is 0 Å². The summed E-state index contributed by atoms with van der Waals surface area (Å²) in [5, 5.41) is 14.2. The molecule has 4 aromatic rings. The number of carbonyl (C=O) groups excluding carboxylic acids is 1. The fourth-order valence-corrected chi connectivity index (χ4v) is 3.23. The molecule has 118 valence electrons. The number of anilines is 1. The van der Waals surface area contributed by atoms with E-state index in [0.29, 0.717) is 16.5 Å². The maximum atomic E-state index is 12.4. The van der Waals surface area contributed by atoms with Crippen molar-refractivity contribution < 1.29 is 9.90 Å². The zero-order valence-corrected chi connectivity index (χ0v) is 13.3. The number of benzene rings is 2. The fraction of sp³-hybridized carbons (Fsp3) is 0. The molecule has 0 fully saturated rings. The molecule has 0 radical (unpaired) electrons. The number of rotatable bonds is 3. The highest BCUT2D eigenvalue weighted by atomic mass is 32.1. The Balaban J connectivity index is 1.60. The Labute approximate surface area is 141 Å². The summed E-state index contributed by atoms with van der Waals surface area (Å²) in [5.41, 5.74) is 2.62. The van der Waals surface area contributed by atoms with Gasteiger partial charge in [-0.25, -0.2) is 4.98 Å². The minimum atomic E-state index is -0.292. The average Bonchev–Trinajstić information content (AvgIpc) is 3.19. The van der Waals surface area contributed by atoms with Crippen LogP contribution in [0.3, 0.4) is 0 Å². The van der Waals surface area contributed by atoms with E-state index in [9.17, 15) is 9.90 Å². The van der Waals surface area contributed by atoms with E-state index in [1.807, 2.05) is 54.6 Å². The van der Waals surface area contributed by atoms with E-state index in [2.05, 4.69) is 15.3 Å². The Morgan fingerprint density at radius 1 is 1.08 bits per heavy atom. The van der Waals surface area contributed by atoms with Crippen molar-refractivity contribution in [2.75, 3.05) is 5.32 Å². The predicted octanol–water partition coefficient (Wildman–Crippen LogP) is 4.25. The molecule has 0 unspecified atom stereocenters. The number of H-pyrrole nitrogens is 1. The largest absolute Gasteiger partial charge is 0.498 e. The summed E-state index contributed by atoms with van der Waals surface area (Å²) < 4.78 is 0. The first kappa shape index (κ1) is 14.5. The van der Waals surface area contributed by atoms with Crippen LogP contribution in [0.4, 0.5) is 5.13 Å². The van der Waals surface area contributed by atoms with Crippen LogP contribution in [0.1, 0.15) is 10.5 Å². The number of para-hydroxylation sites is 1. The lowest BCUT2D eigenvalue weighted by atomic mass is 10.2. The third kappa shape index (κ3) is 2.63. The van der Waals surface area contributed by atoms with Gasteiger partial charge in [-0.1, -0.05) is 59.9 Å². The molecule has 4 rings (SSSR count). The van der Waals surface area contributed by atoms with Crippen LogP contribution >= 0.6 is 11.3 Å². The van der Waals surface area contributed by atoms with E-state index >= 15 is 0 Å². The summed E-state index contributed by atoms with van der Waals surface area (Å²) >= 11 is 1.04. The molecule has 24 heavy (non-hydrogen) atoms. The third-order valence-corrected chi connectivity index (χ3v) is 4.42. The van der Waals surface area contributed by atoms with Gasteiger partial charge in [-0.15, -0.1) is 0 Å². The lowest BCUT2D eigenvalue weighted by Crippen LogP contribution is -2.11. The topological polar surface area (TPSA) is 78.0 Å². The van der Waals surface area contributed by atoms with Crippen LogP contribution in [-0.2, 0) is 0 Å². The van der Waals surface area contributed by atoms with Gasteiger partial charge in [-0.2, -0.15) is 0 Å². The highest BCUT2D eigenvalue weighted by Gasteiger charge is 2.16. The Morgan fingerprint density at radius 2 is 1.83 bits per heavy atom. The zero-order valence-electron chi connectivity index (χ0n) is 12.5. The van der Waals surface area contributed by atoms with Gasteiger partial charge in [0.25, 0.3) is 5.91 Å². The quantitative estimate of drug-likeness (QED) is 0.524. The number of carbonyl (C=O) groups is 1. The van der Waals surface area contributed by atoms with Crippen LogP contribution in [0.15, 0.2) is 60.7 Å². The van der Waals surface area contributed by atoms with Gasteiger partial charge in [-0.05, 0) is 12.1 Å². The van der Waals surface area contributed by atoms with Crippen LogP contribution in [0.25, 0.3) is 22.2 Å². The summed E-state index contributed by atoms with van der Waals surface area (Å²) in [5.74, 6) is -0.292. The number of fused-ring (bicyclic) bond motifs is 1. The molecule has 0 aliphatic rings. The first-order valence-electron chi connectivity index (χ1n) is 7.35.